The third kappa shape index (κ3) is 3.94. The zero-order valence-corrected chi connectivity index (χ0v) is 12.4. The quantitative estimate of drug-likeness (QED) is 0.834. The van der Waals surface area contributed by atoms with Gasteiger partial charge in [0.2, 0.25) is 0 Å². The van der Waals surface area contributed by atoms with Gasteiger partial charge in [0.25, 0.3) is 5.91 Å². The van der Waals surface area contributed by atoms with Crippen LogP contribution in [-0.2, 0) is 0 Å². The second-order valence-electron chi connectivity index (χ2n) is 4.89. The first-order valence-electron chi connectivity index (χ1n) is 6.80. The van der Waals surface area contributed by atoms with Gasteiger partial charge in [0.1, 0.15) is 23.9 Å². The number of Topliss-reactive ketones (excluding diaryl/α,β-unsaturated/α-hetero) is 1. The number of halogens is 1. The van der Waals surface area contributed by atoms with E-state index in [1.165, 1.54) is 48.4 Å². The molecule has 1 N–H and O–H groups in total. The normalized spacial score (nSPS) is 10.3. The van der Waals surface area contributed by atoms with Gasteiger partial charge in [-0.2, -0.15) is 0 Å². The molecule has 6 heteroatoms. The molecule has 1 aromatic carbocycles. The van der Waals surface area contributed by atoms with Crippen molar-refractivity contribution in [2.75, 3.05) is 20.2 Å². The summed E-state index contributed by atoms with van der Waals surface area (Å²) in [6.07, 6.45) is 1.51. The number of carbonyl (C=O) groups excluding carboxylic acids is 2. The molecule has 116 valence electrons. The van der Waals surface area contributed by atoms with Crippen molar-refractivity contribution in [3.63, 3.8) is 0 Å². The average Bonchev–Trinajstić information content (AvgIpc) is 2.98. The molecule has 0 spiro atoms. The zero-order chi connectivity index (χ0) is 16.1. The van der Waals surface area contributed by atoms with Crippen LogP contribution in [0.5, 0.6) is 5.75 Å². The maximum Gasteiger partial charge on any atom is 0.270 e. The van der Waals surface area contributed by atoms with Gasteiger partial charge in [-0.25, -0.2) is 4.39 Å². The minimum absolute atomic E-state index is 0.0994. The van der Waals surface area contributed by atoms with Crippen LogP contribution in [0.1, 0.15) is 27.8 Å². The number of ketones is 1. The summed E-state index contributed by atoms with van der Waals surface area (Å²) < 4.78 is 18.2. The molecule has 0 unspecified atom stereocenters. The number of hydrogen-bond acceptors (Lipinski definition) is 3. The molecule has 0 radical (unpaired) electrons. The molecule has 0 aliphatic rings. The van der Waals surface area contributed by atoms with Crippen LogP contribution in [-0.4, -0.2) is 41.8 Å². The molecule has 0 aliphatic heterocycles. The second kappa shape index (κ2) is 6.89. The Bertz CT molecular complexity index is 664. The summed E-state index contributed by atoms with van der Waals surface area (Å²) in [5, 5.41) is 0. The zero-order valence-electron chi connectivity index (χ0n) is 12.4. The number of carbonyl (C=O) groups is 2. The minimum atomic E-state index is -0.326. The predicted octanol–water partition coefficient (Wildman–Crippen LogP) is 2.51. The smallest absolute Gasteiger partial charge is 0.270 e. The van der Waals surface area contributed by atoms with E-state index < -0.39 is 0 Å². The van der Waals surface area contributed by atoms with Crippen molar-refractivity contribution in [1.29, 1.82) is 0 Å². The number of nitrogens with one attached hydrogen (secondary N) is 1. The Labute approximate surface area is 127 Å². The number of hydrogen-bond donors (Lipinski definition) is 1. The van der Waals surface area contributed by atoms with Crippen LogP contribution in [0, 0.1) is 5.82 Å². The van der Waals surface area contributed by atoms with Crippen molar-refractivity contribution < 1.29 is 18.7 Å². The lowest BCUT2D eigenvalue weighted by molar-refractivity contribution is 0.0768. The first-order valence-corrected chi connectivity index (χ1v) is 6.80. The number of aromatic nitrogens is 1. The molecule has 1 heterocycles. The maximum absolute atomic E-state index is 12.8. The van der Waals surface area contributed by atoms with Crippen LogP contribution in [0.25, 0.3) is 0 Å². The number of amides is 1. The van der Waals surface area contributed by atoms with Gasteiger partial charge in [0.15, 0.2) is 5.78 Å². The first-order chi connectivity index (χ1) is 10.5. The average molecular weight is 304 g/mol. The van der Waals surface area contributed by atoms with Crippen LogP contribution >= 0.6 is 0 Å². The molecule has 0 bridgehead atoms. The van der Waals surface area contributed by atoms with Crippen LogP contribution in [0.4, 0.5) is 4.39 Å². The molecule has 0 atom stereocenters. The number of benzene rings is 1. The van der Waals surface area contributed by atoms with Crippen LogP contribution in [0.3, 0.4) is 0 Å². The molecule has 0 saturated heterocycles. The number of H-pyrrole nitrogens is 1. The Morgan fingerprint density at radius 3 is 2.55 bits per heavy atom. The highest BCUT2D eigenvalue weighted by atomic mass is 19.1. The number of nitrogens with zero attached hydrogens (tertiary/aromatic N) is 1. The van der Waals surface area contributed by atoms with Crippen molar-refractivity contribution >= 4 is 11.7 Å². The lowest BCUT2D eigenvalue weighted by atomic mass is 10.2. The van der Waals surface area contributed by atoms with Gasteiger partial charge >= 0.3 is 0 Å². The Hall–Kier alpha value is -2.63. The van der Waals surface area contributed by atoms with Gasteiger partial charge in [-0.15, -0.1) is 0 Å². The molecule has 2 aromatic rings. The highest BCUT2D eigenvalue weighted by Gasteiger charge is 2.14. The molecule has 1 aromatic heterocycles. The third-order valence-electron chi connectivity index (χ3n) is 3.18. The van der Waals surface area contributed by atoms with Gasteiger partial charge in [-0.05, 0) is 37.3 Å². The highest BCUT2D eigenvalue weighted by Crippen LogP contribution is 2.11. The number of ether oxygens (including phenoxy) is 1. The van der Waals surface area contributed by atoms with Gasteiger partial charge in [0, 0.05) is 18.8 Å². The lowest BCUT2D eigenvalue weighted by Gasteiger charge is -2.16. The van der Waals surface area contributed by atoms with E-state index in [2.05, 4.69) is 4.98 Å². The van der Waals surface area contributed by atoms with Crippen LogP contribution in [0.2, 0.25) is 0 Å². The monoisotopic (exact) mass is 304 g/mol. The van der Waals surface area contributed by atoms with Crippen molar-refractivity contribution in [3.8, 4) is 5.75 Å². The fraction of sp³-hybridized carbons (Fsp3) is 0.250. The summed E-state index contributed by atoms with van der Waals surface area (Å²) in [5.41, 5.74) is 0.828. The van der Waals surface area contributed by atoms with Crippen LogP contribution in [0.15, 0.2) is 36.5 Å². The van der Waals surface area contributed by atoms with E-state index in [1.807, 2.05) is 0 Å². The minimum Gasteiger partial charge on any atom is -0.492 e. The predicted molar refractivity (Wildman–Crippen MR) is 79.7 cm³/mol. The SMILES string of the molecule is CC(=O)c1c[nH]c(C(=O)N(C)CCOc2ccc(F)cc2)c1. The first kappa shape index (κ1) is 15.8. The maximum atomic E-state index is 12.8. The summed E-state index contributed by atoms with van der Waals surface area (Å²) in [4.78, 5) is 27.6. The topological polar surface area (TPSA) is 62.4 Å². The fourth-order valence-electron chi connectivity index (χ4n) is 1.86. The molecule has 5 nitrogen and oxygen atoms in total. The molecule has 0 aliphatic carbocycles. The molecular weight excluding hydrogens is 287 g/mol. The summed E-state index contributed by atoms with van der Waals surface area (Å²) in [6.45, 7) is 2.09. The standard InChI is InChI=1S/C16H17FN2O3/c1-11(20)12-9-15(18-10-12)16(21)19(2)7-8-22-14-5-3-13(17)4-6-14/h3-6,9-10,18H,7-8H2,1-2H3. The van der Waals surface area contributed by atoms with Crippen molar-refractivity contribution in [2.45, 2.75) is 6.92 Å². The van der Waals surface area contributed by atoms with Crippen molar-refractivity contribution in [3.05, 3.63) is 53.6 Å². The van der Waals surface area contributed by atoms with E-state index in [4.69, 9.17) is 4.74 Å². The summed E-state index contributed by atoms with van der Waals surface area (Å²) in [5.74, 6) is -0.110. The molecule has 0 saturated carbocycles. The molecule has 1 amide bonds. The number of likely N-dealkylation sites (N-methyl/N-ethyl adjacent to an activating group) is 1. The number of aromatic amines is 1. The molecule has 22 heavy (non-hydrogen) atoms. The molecule has 0 fully saturated rings. The number of rotatable bonds is 6. The Morgan fingerprint density at radius 2 is 1.95 bits per heavy atom. The largest absolute Gasteiger partial charge is 0.492 e. The van der Waals surface area contributed by atoms with E-state index >= 15 is 0 Å². The summed E-state index contributed by atoms with van der Waals surface area (Å²) in [6, 6.07) is 7.21. The van der Waals surface area contributed by atoms with E-state index in [0.29, 0.717) is 23.6 Å². The summed E-state index contributed by atoms with van der Waals surface area (Å²) in [7, 11) is 1.64. The Balaban J connectivity index is 1.85. The van der Waals surface area contributed by atoms with Gasteiger partial charge in [-0.3, -0.25) is 9.59 Å². The van der Waals surface area contributed by atoms with Gasteiger partial charge < -0.3 is 14.6 Å². The van der Waals surface area contributed by atoms with Gasteiger partial charge in [0.05, 0.1) is 6.54 Å². The van der Waals surface area contributed by atoms with E-state index in [0.717, 1.165) is 0 Å². The second-order valence-corrected chi connectivity index (χ2v) is 4.89. The van der Waals surface area contributed by atoms with Crippen molar-refractivity contribution in [1.82, 2.24) is 9.88 Å². The van der Waals surface area contributed by atoms with E-state index in [-0.39, 0.29) is 24.1 Å². The van der Waals surface area contributed by atoms with Crippen molar-refractivity contribution in [2.24, 2.45) is 0 Å². The van der Waals surface area contributed by atoms with E-state index in [1.54, 1.807) is 7.05 Å². The summed E-state index contributed by atoms with van der Waals surface area (Å²) >= 11 is 0. The highest BCUT2D eigenvalue weighted by molar-refractivity contribution is 5.98. The Kier molecular flexibility index (Phi) is 4.93. The lowest BCUT2D eigenvalue weighted by Crippen LogP contribution is -2.31. The fourth-order valence-corrected chi connectivity index (χ4v) is 1.86. The van der Waals surface area contributed by atoms with E-state index in [9.17, 15) is 14.0 Å². The van der Waals surface area contributed by atoms with Gasteiger partial charge in [-0.1, -0.05) is 0 Å². The molecule has 2 rings (SSSR count). The third-order valence-corrected chi connectivity index (χ3v) is 3.18. The Morgan fingerprint density at radius 1 is 1.27 bits per heavy atom. The van der Waals surface area contributed by atoms with Crippen LogP contribution < -0.4 is 4.74 Å². The molecular formula is C16H17FN2O3.